The number of carbonyl (C=O) groups excluding carboxylic acids is 2. The first-order chi connectivity index (χ1) is 11.1. The van der Waals surface area contributed by atoms with Crippen LogP contribution in [0.5, 0.6) is 0 Å². The van der Waals surface area contributed by atoms with Crippen LogP contribution < -0.4 is 0 Å². The molecule has 0 N–H and O–H groups in total. The van der Waals surface area contributed by atoms with Gasteiger partial charge in [-0.15, -0.1) is 0 Å². The van der Waals surface area contributed by atoms with Gasteiger partial charge < -0.3 is 14.5 Å². The number of nitrogens with zero attached hydrogens (tertiary/aromatic N) is 2. The highest BCUT2D eigenvalue weighted by Crippen LogP contribution is 2.23. The molecule has 0 aromatic heterocycles. The number of ether oxygens (including phenoxy) is 1. The molecule has 0 spiro atoms. The van der Waals surface area contributed by atoms with Crippen LogP contribution >= 0.6 is 0 Å². The van der Waals surface area contributed by atoms with Crippen molar-refractivity contribution in [1.82, 2.24) is 9.80 Å². The fourth-order valence-electron chi connectivity index (χ4n) is 3.06. The van der Waals surface area contributed by atoms with Gasteiger partial charge in [-0.2, -0.15) is 0 Å². The van der Waals surface area contributed by atoms with Gasteiger partial charge in [0.1, 0.15) is 6.04 Å². The van der Waals surface area contributed by atoms with E-state index in [9.17, 15) is 18.4 Å². The Morgan fingerprint density at radius 2 is 1.83 bits per heavy atom. The molecule has 1 atom stereocenters. The minimum absolute atomic E-state index is 0.0607. The van der Waals surface area contributed by atoms with E-state index in [1.54, 1.807) is 4.90 Å². The third-order valence-electron chi connectivity index (χ3n) is 4.29. The Bertz CT molecular complexity index is 617. The van der Waals surface area contributed by atoms with E-state index in [0.717, 1.165) is 18.6 Å². The zero-order chi connectivity index (χ0) is 16.4. The molecule has 0 radical (unpaired) electrons. The van der Waals surface area contributed by atoms with E-state index in [4.69, 9.17) is 4.74 Å². The summed E-state index contributed by atoms with van der Waals surface area (Å²) in [6.45, 7) is 2.47. The van der Waals surface area contributed by atoms with Gasteiger partial charge in [-0.1, -0.05) is 0 Å². The van der Waals surface area contributed by atoms with Gasteiger partial charge in [0.05, 0.1) is 13.2 Å². The number of hydrogen-bond donors (Lipinski definition) is 0. The summed E-state index contributed by atoms with van der Waals surface area (Å²) in [5.41, 5.74) is 0.0607. The second kappa shape index (κ2) is 6.62. The van der Waals surface area contributed by atoms with Crippen LogP contribution in [0.1, 0.15) is 23.2 Å². The van der Waals surface area contributed by atoms with Crippen LogP contribution in [0.2, 0.25) is 0 Å². The normalized spacial score (nSPS) is 21.6. The van der Waals surface area contributed by atoms with E-state index in [1.807, 2.05) is 0 Å². The standard InChI is InChI=1S/C16H18F2N2O3/c17-12-4-3-11(10-13(12)18)15(21)20-5-1-2-14(20)16(22)19-6-8-23-9-7-19/h3-4,10,14H,1-2,5-9H2/t14-/m1/s1. The molecule has 124 valence electrons. The molecule has 0 unspecified atom stereocenters. The molecule has 7 heteroatoms. The molecule has 0 bridgehead atoms. The zero-order valence-corrected chi connectivity index (χ0v) is 12.6. The van der Waals surface area contributed by atoms with E-state index in [0.29, 0.717) is 39.3 Å². The number of likely N-dealkylation sites (tertiary alicyclic amines) is 1. The number of hydrogen-bond acceptors (Lipinski definition) is 3. The molecular weight excluding hydrogens is 306 g/mol. The maximum absolute atomic E-state index is 13.3. The monoisotopic (exact) mass is 324 g/mol. The van der Waals surface area contributed by atoms with Crippen molar-refractivity contribution in [2.75, 3.05) is 32.8 Å². The zero-order valence-electron chi connectivity index (χ0n) is 12.6. The van der Waals surface area contributed by atoms with Crippen molar-refractivity contribution in [3.63, 3.8) is 0 Å². The largest absolute Gasteiger partial charge is 0.378 e. The minimum atomic E-state index is -1.06. The highest BCUT2D eigenvalue weighted by Gasteiger charge is 2.37. The highest BCUT2D eigenvalue weighted by atomic mass is 19.2. The van der Waals surface area contributed by atoms with Crippen LogP contribution in [0.4, 0.5) is 8.78 Å². The Labute approximate surface area is 132 Å². The molecule has 1 aromatic carbocycles. The second-order valence-electron chi connectivity index (χ2n) is 5.72. The summed E-state index contributed by atoms with van der Waals surface area (Å²) in [4.78, 5) is 28.3. The van der Waals surface area contributed by atoms with E-state index in [2.05, 4.69) is 0 Å². The Kier molecular flexibility index (Phi) is 4.56. The van der Waals surface area contributed by atoms with Crippen molar-refractivity contribution in [2.45, 2.75) is 18.9 Å². The third-order valence-corrected chi connectivity index (χ3v) is 4.29. The molecule has 0 aliphatic carbocycles. The van der Waals surface area contributed by atoms with Crippen LogP contribution in [0.3, 0.4) is 0 Å². The van der Waals surface area contributed by atoms with E-state index >= 15 is 0 Å². The van der Waals surface area contributed by atoms with Crippen molar-refractivity contribution < 1.29 is 23.1 Å². The van der Waals surface area contributed by atoms with Crippen LogP contribution in [-0.2, 0) is 9.53 Å². The van der Waals surface area contributed by atoms with Crippen molar-refractivity contribution in [3.05, 3.63) is 35.4 Å². The summed E-state index contributed by atoms with van der Waals surface area (Å²) < 4.78 is 31.6. The van der Waals surface area contributed by atoms with Crippen LogP contribution in [0, 0.1) is 11.6 Å². The van der Waals surface area contributed by atoms with Gasteiger partial charge in [-0.3, -0.25) is 9.59 Å². The number of morpholine rings is 1. The number of rotatable bonds is 2. The summed E-state index contributed by atoms with van der Waals surface area (Å²) in [7, 11) is 0. The molecule has 2 fully saturated rings. The maximum Gasteiger partial charge on any atom is 0.254 e. The average Bonchev–Trinajstić information content (AvgIpc) is 3.06. The predicted octanol–water partition coefficient (Wildman–Crippen LogP) is 1.43. The molecule has 2 heterocycles. The Morgan fingerprint density at radius 3 is 2.52 bits per heavy atom. The molecule has 2 amide bonds. The van der Waals surface area contributed by atoms with Gasteiger partial charge in [0.25, 0.3) is 5.91 Å². The van der Waals surface area contributed by atoms with Gasteiger partial charge in [-0.25, -0.2) is 8.78 Å². The first kappa shape index (κ1) is 15.9. The lowest BCUT2D eigenvalue weighted by atomic mass is 10.1. The second-order valence-corrected chi connectivity index (χ2v) is 5.72. The van der Waals surface area contributed by atoms with Gasteiger partial charge in [-0.05, 0) is 31.0 Å². The van der Waals surface area contributed by atoms with Gasteiger partial charge >= 0.3 is 0 Å². The van der Waals surface area contributed by atoms with Crippen molar-refractivity contribution in [3.8, 4) is 0 Å². The molecule has 2 aliphatic rings. The molecule has 5 nitrogen and oxygen atoms in total. The summed E-state index contributed by atoms with van der Waals surface area (Å²) in [5, 5.41) is 0. The van der Waals surface area contributed by atoms with Crippen molar-refractivity contribution in [1.29, 1.82) is 0 Å². The van der Waals surface area contributed by atoms with E-state index < -0.39 is 23.6 Å². The lowest BCUT2D eigenvalue weighted by Gasteiger charge is -2.32. The fraction of sp³-hybridized carbons (Fsp3) is 0.500. The summed E-state index contributed by atoms with van der Waals surface area (Å²) >= 11 is 0. The highest BCUT2D eigenvalue weighted by molar-refractivity contribution is 5.98. The third kappa shape index (κ3) is 3.19. The lowest BCUT2D eigenvalue weighted by Crippen LogP contribution is -2.51. The summed E-state index contributed by atoms with van der Waals surface area (Å²) in [6.07, 6.45) is 1.31. The minimum Gasteiger partial charge on any atom is -0.378 e. The van der Waals surface area contributed by atoms with Crippen LogP contribution in [0.25, 0.3) is 0 Å². The Morgan fingerprint density at radius 1 is 1.09 bits per heavy atom. The molecule has 3 rings (SSSR count). The van der Waals surface area contributed by atoms with E-state index in [1.165, 1.54) is 11.0 Å². The molecule has 1 aromatic rings. The molecular formula is C16H18F2N2O3. The van der Waals surface area contributed by atoms with Crippen molar-refractivity contribution in [2.24, 2.45) is 0 Å². The summed E-state index contributed by atoms with van der Waals surface area (Å²) in [5.74, 6) is -2.59. The Balaban J connectivity index is 1.76. The van der Waals surface area contributed by atoms with Crippen LogP contribution in [0.15, 0.2) is 18.2 Å². The van der Waals surface area contributed by atoms with E-state index in [-0.39, 0.29) is 11.5 Å². The number of benzene rings is 1. The first-order valence-corrected chi connectivity index (χ1v) is 7.70. The number of amides is 2. The smallest absolute Gasteiger partial charge is 0.254 e. The fourth-order valence-corrected chi connectivity index (χ4v) is 3.06. The molecule has 23 heavy (non-hydrogen) atoms. The quantitative estimate of drug-likeness (QED) is 0.827. The Hall–Kier alpha value is -2.02. The molecule has 0 saturated carbocycles. The number of halogens is 2. The predicted molar refractivity (Wildman–Crippen MR) is 77.8 cm³/mol. The summed E-state index contributed by atoms with van der Waals surface area (Å²) in [6, 6.07) is 2.52. The first-order valence-electron chi connectivity index (χ1n) is 7.70. The molecule has 2 aliphatic heterocycles. The topological polar surface area (TPSA) is 49.9 Å². The van der Waals surface area contributed by atoms with Crippen LogP contribution in [-0.4, -0.2) is 60.5 Å². The number of carbonyl (C=O) groups is 2. The SMILES string of the molecule is O=C([C@H]1CCCN1C(=O)c1ccc(F)c(F)c1)N1CCOCC1. The average molecular weight is 324 g/mol. The van der Waals surface area contributed by atoms with Gasteiger partial charge in [0, 0.05) is 25.2 Å². The molecule has 2 saturated heterocycles. The van der Waals surface area contributed by atoms with Gasteiger partial charge in [0.2, 0.25) is 5.91 Å². The van der Waals surface area contributed by atoms with Crippen molar-refractivity contribution >= 4 is 11.8 Å². The lowest BCUT2D eigenvalue weighted by molar-refractivity contribution is -0.139. The maximum atomic E-state index is 13.3. The van der Waals surface area contributed by atoms with Gasteiger partial charge in [0.15, 0.2) is 11.6 Å².